The van der Waals surface area contributed by atoms with Crippen LogP contribution in [0.25, 0.3) is 17.2 Å². The van der Waals surface area contributed by atoms with Crippen LogP contribution in [0.3, 0.4) is 0 Å². The lowest BCUT2D eigenvalue weighted by Crippen LogP contribution is -2.31. The van der Waals surface area contributed by atoms with E-state index in [0.717, 1.165) is 0 Å². The van der Waals surface area contributed by atoms with E-state index in [9.17, 15) is 8.42 Å². The van der Waals surface area contributed by atoms with Gasteiger partial charge < -0.3 is 14.2 Å². The summed E-state index contributed by atoms with van der Waals surface area (Å²) in [6.07, 6.45) is 4.06. The number of nitrogens with one attached hydrogen (secondary N) is 1. The Labute approximate surface area is 223 Å². The van der Waals surface area contributed by atoms with E-state index in [4.69, 9.17) is 25.8 Å². The molecule has 38 heavy (non-hydrogen) atoms. The molecule has 0 amide bonds. The van der Waals surface area contributed by atoms with E-state index < -0.39 is 21.2 Å². The number of sulfonamides is 1. The van der Waals surface area contributed by atoms with Gasteiger partial charge in [0.1, 0.15) is 17.8 Å². The minimum absolute atomic E-state index is 0.0808. The highest BCUT2D eigenvalue weighted by Gasteiger charge is 2.33. The third kappa shape index (κ3) is 5.28. The van der Waals surface area contributed by atoms with Crippen LogP contribution in [-0.4, -0.2) is 74.7 Å². The second-order valence-corrected chi connectivity index (χ2v) is 10.4. The summed E-state index contributed by atoms with van der Waals surface area (Å²) in [6.45, 7) is 3.23. The Morgan fingerprint density at radius 1 is 0.947 bits per heavy atom. The molecule has 0 spiro atoms. The van der Waals surface area contributed by atoms with Gasteiger partial charge in [0.25, 0.3) is 0 Å². The standard InChI is InChI=1S/C22H24ClN9O5S/c1-12(18-24-9-14(23)10-25-18)13(2)38(33,34)31-22-30-29-19(15-7-6-8-16(28-15)35-3)32(22)17-20(36-4)26-11-27-21(17)37-5/h6-13H,1-5H3,(H,30,31)/t12-,13-/m0/s1. The van der Waals surface area contributed by atoms with Crippen molar-refractivity contribution in [3.05, 3.63) is 47.8 Å². The summed E-state index contributed by atoms with van der Waals surface area (Å²) in [5, 5.41) is 7.68. The maximum absolute atomic E-state index is 13.5. The van der Waals surface area contributed by atoms with Crippen LogP contribution < -0.4 is 18.9 Å². The Morgan fingerprint density at radius 3 is 2.21 bits per heavy atom. The van der Waals surface area contributed by atoms with Crippen molar-refractivity contribution in [2.45, 2.75) is 25.0 Å². The van der Waals surface area contributed by atoms with Gasteiger partial charge in [-0.25, -0.2) is 27.9 Å². The molecule has 0 saturated carbocycles. The molecular weight excluding hydrogens is 538 g/mol. The maximum atomic E-state index is 13.5. The van der Waals surface area contributed by atoms with Crippen molar-refractivity contribution in [1.82, 2.24) is 39.7 Å². The molecule has 0 aliphatic heterocycles. The van der Waals surface area contributed by atoms with Gasteiger partial charge in [0.2, 0.25) is 33.6 Å². The monoisotopic (exact) mass is 561 g/mol. The summed E-state index contributed by atoms with van der Waals surface area (Å²) < 4.78 is 47.0. The van der Waals surface area contributed by atoms with Crippen LogP contribution in [-0.2, 0) is 10.0 Å². The fourth-order valence-corrected chi connectivity index (χ4v) is 4.80. The van der Waals surface area contributed by atoms with E-state index in [-0.39, 0.29) is 29.2 Å². The van der Waals surface area contributed by atoms with Crippen molar-refractivity contribution in [1.29, 1.82) is 0 Å². The number of rotatable bonds is 10. The van der Waals surface area contributed by atoms with E-state index >= 15 is 0 Å². The number of hydrogen-bond donors (Lipinski definition) is 1. The van der Waals surface area contributed by atoms with Crippen molar-refractivity contribution < 1.29 is 22.6 Å². The summed E-state index contributed by atoms with van der Waals surface area (Å²) in [6, 6.07) is 5.02. The Bertz CT molecular complexity index is 1510. The lowest BCUT2D eigenvalue weighted by molar-refractivity contribution is 0.368. The van der Waals surface area contributed by atoms with Crippen LogP contribution in [0.5, 0.6) is 17.6 Å². The van der Waals surface area contributed by atoms with E-state index in [0.29, 0.717) is 22.4 Å². The zero-order valence-corrected chi connectivity index (χ0v) is 22.6. The largest absolute Gasteiger partial charge is 0.481 e. The number of aromatic nitrogens is 8. The molecule has 0 fully saturated rings. The lowest BCUT2D eigenvalue weighted by atomic mass is 10.1. The van der Waals surface area contributed by atoms with Crippen LogP contribution in [0.15, 0.2) is 36.9 Å². The number of nitrogens with zero attached hydrogens (tertiary/aromatic N) is 8. The zero-order chi connectivity index (χ0) is 27.4. The van der Waals surface area contributed by atoms with Gasteiger partial charge in [-0.05, 0) is 13.0 Å². The van der Waals surface area contributed by atoms with Gasteiger partial charge in [-0.1, -0.05) is 24.6 Å². The molecule has 2 atom stereocenters. The molecule has 0 aliphatic rings. The summed E-state index contributed by atoms with van der Waals surface area (Å²) >= 11 is 5.87. The van der Waals surface area contributed by atoms with Gasteiger partial charge in [-0.15, -0.1) is 10.2 Å². The highest BCUT2D eigenvalue weighted by atomic mass is 35.5. The second kappa shape index (κ2) is 11.1. The topological polar surface area (TPSA) is 169 Å². The van der Waals surface area contributed by atoms with Crippen LogP contribution in [0.4, 0.5) is 5.95 Å². The van der Waals surface area contributed by atoms with Gasteiger partial charge in [0.05, 0.1) is 31.6 Å². The SMILES string of the molecule is COc1cccc(-c2nnc(NS(=O)(=O)[C@@H](C)[C@H](C)c3ncc(Cl)cn3)n2-c2c(OC)ncnc2OC)n1. The van der Waals surface area contributed by atoms with Crippen LogP contribution in [0.1, 0.15) is 25.6 Å². The number of anilines is 1. The van der Waals surface area contributed by atoms with Crippen molar-refractivity contribution >= 4 is 27.6 Å². The minimum Gasteiger partial charge on any atom is -0.481 e. The van der Waals surface area contributed by atoms with E-state index in [1.807, 2.05) is 0 Å². The number of hydrogen-bond acceptors (Lipinski definition) is 12. The first-order chi connectivity index (χ1) is 18.2. The smallest absolute Gasteiger partial charge is 0.245 e. The van der Waals surface area contributed by atoms with Crippen LogP contribution in [0, 0.1) is 0 Å². The minimum atomic E-state index is -4.08. The molecule has 4 aromatic rings. The third-order valence-corrected chi connectivity index (χ3v) is 7.71. The molecule has 4 rings (SSSR count). The summed E-state index contributed by atoms with van der Waals surface area (Å²) in [4.78, 5) is 21.0. The van der Waals surface area contributed by atoms with Gasteiger partial charge in [0, 0.05) is 24.4 Å². The van der Waals surface area contributed by atoms with Gasteiger partial charge in [-0.3, -0.25) is 4.72 Å². The molecule has 16 heteroatoms. The molecule has 14 nitrogen and oxygen atoms in total. The maximum Gasteiger partial charge on any atom is 0.245 e. The normalized spacial score (nSPS) is 13.0. The van der Waals surface area contributed by atoms with Crippen LogP contribution >= 0.6 is 11.6 Å². The fourth-order valence-electron chi connectivity index (χ4n) is 3.47. The third-order valence-electron chi connectivity index (χ3n) is 5.66. The Morgan fingerprint density at radius 2 is 1.61 bits per heavy atom. The molecule has 200 valence electrons. The van der Waals surface area contributed by atoms with E-state index in [1.54, 1.807) is 25.1 Å². The summed E-state index contributed by atoms with van der Waals surface area (Å²) in [7, 11) is 0.200. The number of halogens is 1. The van der Waals surface area contributed by atoms with E-state index in [1.165, 1.54) is 51.5 Å². The second-order valence-electron chi connectivity index (χ2n) is 7.89. The average molecular weight is 562 g/mol. The first-order valence-electron chi connectivity index (χ1n) is 11.1. The molecule has 0 bridgehead atoms. The van der Waals surface area contributed by atoms with Crippen LogP contribution in [0.2, 0.25) is 5.02 Å². The van der Waals surface area contributed by atoms with Crippen molar-refractivity contribution in [3.63, 3.8) is 0 Å². The average Bonchev–Trinajstić information content (AvgIpc) is 3.34. The fraction of sp³-hybridized carbons (Fsp3) is 0.318. The highest BCUT2D eigenvalue weighted by Crippen LogP contribution is 2.35. The molecule has 0 aromatic carbocycles. The molecule has 0 saturated heterocycles. The first kappa shape index (κ1) is 26.9. The van der Waals surface area contributed by atoms with E-state index in [2.05, 4.69) is 39.8 Å². The summed E-state index contributed by atoms with van der Waals surface area (Å²) in [5.74, 6) is 0.170. The van der Waals surface area contributed by atoms with Gasteiger partial charge >= 0.3 is 0 Å². The van der Waals surface area contributed by atoms with Gasteiger partial charge in [-0.2, -0.15) is 9.97 Å². The van der Waals surface area contributed by atoms with Crippen molar-refractivity contribution in [2.24, 2.45) is 0 Å². The predicted molar refractivity (Wildman–Crippen MR) is 137 cm³/mol. The molecule has 1 N–H and O–H groups in total. The summed E-state index contributed by atoms with van der Waals surface area (Å²) in [5.41, 5.74) is 0.479. The number of pyridine rings is 1. The van der Waals surface area contributed by atoms with Gasteiger partial charge in [0.15, 0.2) is 11.5 Å². The number of ether oxygens (including phenoxy) is 3. The predicted octanol–water partition coefficient (Wildman–Crippen LogP) is 2.52. The quantitative estimate of drug-likeness (QED) is 0.300. The number of methoxy groups -OCH3 is 3. The molecule has 0 unspecified atom stereocenters. The first-order valence-corrected chi connectivity index (χ1v) is 13.0. The molecule has 4 aromatic heterocycles. The lowest BCUT2D eigenvalue weighted by Gasteiger charge is -2.20. The Balaban J connectivity index is 1.84. The highest BCUT2D eigenvalue weighted by molar-refractivity contribution is 7.93. The molecule has 0 aliphatic carbocycles. The zero-order valence-electron chi connectivity index (χ0n) is 21.0. The molecular formula is C22H24ClN9O5S. The Kier molecular flexibility index (Phi) is 7.87. The van der Waals surface area contributed by atoms with Crippen molar-refractivity contribution in [2.75, 3.05) is 26.1 Å². The van der Waals surface area contributed by atoms with Crippen molar-refractivity contribution in [3.8, 4) is 34.8 Å². The Hall–Kier alpha value is -4.11. The molecule has 4 heterocycles. The molecule has 0 radical (unpaired) electrons.